The summed E-state index contributed by atoms with van der Waals surface area (Å²) in [5.41, 5.74) is 0. The van der Waals surface area contributed by atoms with Gasteiger partial charge in [0.1, 0.15) is 0 Å². The second kappa shape index (κ2) is 5.11. The fraction of sp³-hybridized carbons (Fsp3) is 0.889. The average Bonchev–Trinajstić information content (AvgIpc) is 2.41. The predicted octanol–water partition coefficient (Wildman–Crippen LogP) is -0.573. The molecule has 0 aromatic rings. The van der Waals surface area contributed by atoms with Crippen molar-refractivity contribution in [3.63, 3.8) is 0 Å². The van der Waals surface area contributed by atoms with Gasteiger partial charge in [0.05, 0.1) is 0 Å². The van der Waals surface area contributed by atoms with Crippen molar-refractivity contribution >= 4 is 16.0 Å². The summed E-state index contributed by atoms with van der Waals surface area (Å²) in [6.45, 7) is 3.48. The minimum absolute atomic E-state index is 0.371. The van der Waals surface area contributed by atoms with Gasteiger partial charge in [0.15, 0.2) is 5.25 Å². The molecule has 16 heavy (non-hydrogen) atoms. The molecule has 0 aromatic carbocycles. The third-order valence-corrected chi connectivity index (χ3v) is 5.01. The maximum atomic E-state index is 11.9. The highest BCUT2D eigenvalue weighted by molar-refractivity contribution is 7.90. The fourth-order valence-electron chi connectivity index (χ4n) is 1.63. The number of sulfonamides is 1. The van der Waals surface area contributed by atoms with Crippen molar-refractivity contribution in [3.8, 4) is 0 Å². The summed E-state index contributed by atoms with van der Waals surface area (Å²) in [6, 6.07) is 0. The van der Waals surface area contributed by atoms with Gasteiger partial charge in [-0.25, -0.2) is 8.42 Å². The Morgan fingerprint density at radius 3 is 2.44 bits per heavy atom. The lowest BCUT2D eigenvalue weighted by atomic mass is 10.4. The highest BCUT2D eigenvalue weighted by Crippen LogP contribution is 2.12. The van der Waals surface area contributed by atoms with Crippen molar-refractivity contribution in [2.24, 2.45) is 0 Å². The van der Waals surface area contributed by atoms with Gasteiger partial charge in [-0.2, -0.15) is 4.31 Å². The maximum absolute atomic E-state index is 11.9. The zero-order valence-corrected chi connectivity index (χ0v) is 10.4. The zero-order valence-electron chi connectivity index (χ0n) is 9.59. The number of hydrogen-bond donors (Lipinski definition) is 1. The topological polar surface area (TPSA) is 77.9 Å². The van der Waals surface area contributed by atoms with Gasteiger partial charge < -0.3 is 10.0 Å². The first-order valence-corrected chi connectivity index (χ1v) is 6.76. The van der Waals surface area contributed by atoms with Crippen LogP contribution in [0.15, 0.2) is 0 Å². The van der Waals surface area contributed by atoms with Gasteiger partial charge in [-0.05, 0) is 26.9 Å². The Morgan fingerprint density at radius 2 is 1.88 bits per heavy atom. The lowest BCUT2D eigenvalue weighted by Crippen LogP contribution is -2.42. The van der Waals surface area contributed by atoms with Crippen LogP contribution in [0, 0.1) is 0 Å². The van der Waals surface area contributed by atoms with Gasteiger partial charge in [-0.15, -0.1) is 0 Å². The first-order valence-electron chi connectivity index (χ1n) is 5.26. The van der Waals surface area contributed by atoms with E-state index in [1.807, 2.05) is 11.9 Å². The summed E-state index contributed by atoms with van der Waals surface area (Å²) < 4.78 is 25.1. The number of carboxylic acid groups (broad SMARTS) is 1. The Balaban J connectivity index is 2.79. The number of aliphatic carboxylic acids is 1. The van der Waals surface area contributed by atoms with Gasteiger partial charge in [-0.1, -0.05) is 0 Å². The molecule has 0 spiro atoms. The van der Waals surface area contributed by atoms with E-state index >= 15 is 0 Å². The van der Waals surface area contributed by atoms with Gasteiger partial charge in [0, 0.05) is 19.6 Å². The van der Waals surface area contributed by atoms with Gasteiger partial charge in [0.25, 0.3) is 0 Å². The fourth-order valence-corrected chi connectivity index (χ4v) is 3.05. The second-order valence-corrected chi connectivity index (χ2v) is 6.33. The van der Waals surface area contributed by atoms with Crippen LogP contribution >= 0.6 is 0 Å². The van der Waals surface area contributed by atoms with E-state index in [-0.39, 0.29) is 0 Å². The predicted molar refractivity (Wildman–Crippen MR) is 59.7 cm³/mol. The molecule has 0 amide bonds. The zero-order chi connectivity index (χ0) is 12.3. The SMILES string of the molecule is CC(C(=O)O)S(=O)(=O)N1CCCN(C)CC1. The van der Waals surface area contributed by atoms with Crippen molar-refractivity contribution in [1.82, 2.24) is 9.21 Å². The first-order chi connectivity index (χ1) is 7.35. The number of nitrogens with zero attached hydrogens (tertiary/aromatic N) is 2. The van der Waals surface area contributed by atoms with Crippen molar-refractivity contribution < 1.29 is 18.3 Å². The highest BCUT2D eigenvalue weighted by Gasteiger charge is 2.34. The molecule has 1 atom stereocenters. The molecule has 1 unspecified atom stereocenters. The van der Waals surface area contributed by atoms with Crippen LogP contribution in [0.25, 0.3) is 0 Å². The van der Waals surface area contributed by atoms with Crippen LogP contribution in [0.4, 0.5) is 0 Å². The molecule has 1 heterocycles. The van der Waals surface area contributed by atoms with E-state index in [2.05, 4.69) is 0 Å². The quantitative estimate of drug-likeness (QED) is 0.725. The molecule has 1 N–H and O–H groups in total. The summed E-state index contributed by atoms with van der Waals surface area (Å²) >= 11 is 0. The Morgan fingerprint density at radius 1 is 1.25 bits per heavy atom. The number of likely N-dealkylation sites (N-methyl/N-ethyl adjacent to an activating group) is 1. The molecule has 1 rings (SSSR count). The molecule has 0 saturated carbocycles. The van der Waals surface area contributed by atoms with Crippen LogP contribution in [0.1, 0.15) is 13.3 Å². The van der Waals surface area contributed by atoms with E-state index in [1.54, 1.807) is 0 Å². The molecule has 7 heteroatoms. The summed E-state index contributed by atoms with van der Waals surface area (Å²) in [6.07, 6.45) is 0.738. The van der Waals surface area contributed by atoms with E-state index < -0.39 is 21.2 Å². The molecule has 1 aliphatic rings. The smallest absolute Gasteiger partial charge is 0.323 e. The number of carboxylic acids is 1. The molecule has 0 radical (unpaired) electrons. The van der Waals surface area contributed by atoms with Crippen LogP contribution in [0.5, 0.6) is 0 Å². The molecular formula is C9H18N2O4S. The van der Waals surface area contributed by atoms with Crippen LogP contribution in [0.3, 0.4) is 0 Å². The van der Waals surface area contributed by atoms with Gasteiger partial charge in [0.2, 0.25) is 10.0 Å². The standard InChI is InChI=1S/C9H18N2O4S/c1-8(9(12)13)16(14,15)11-5-3-4-10(2)6-7-11/h8H,3-7H2,1-2H3,(H,12,13). The van der Waals surface area contributed by atoms with Crippen LogP contribution in [0.2, 0.25) is 0 Å². The normalized spacial score (nSPS) is 22.6. The Hall–Kier alpha value is -0.660. The van der Waals surface area contributed by atoms with Crippen molar-refractivity contribution in [2.45, 2.75) is 18.6 Å². The van der Waals surface area contributed by atoms with E-state index in [9.17, 15) is 13.2 Å². The second-order valence-electron chi connectivity index (χ2n) is 4.08. The first kappa shape index (κ1) is 13.4. The largest absolute Gasteiger partial charge is 0.480 e. The van der Waals surface area contributed by atoms with E-state index in [1.165, 1.54) is 11.2 Å². The third kappa shape index (κ3) is 2.93. The molecule has 0 bridgehead atoms. The van der Waals surface area contributed by atoms with E-state index in [4.69, 9.17) is 5.11 Å². The molecule has 1 saturated heterocycles. The van der Waals surface area contributed by atoms with Crippen LogP contribution in [-0.4, -0.2) is 67.2 Å². The summed E-state index contributed by atoms with van der Waals surface area (Å²) in [4.78, 5) is 12.8. The molecule has 94 valence electrons. The van der Waals surface area contributed by atoms with Gasteiger partial charge >= 0.3 is 5.97 Å². The lowest BCUT2D eigenvalue weighted by Gasteiger charge is -2.22. The Labute approximate surface area is 95.9 Å². The number of carbonyl (C=O) groups is 1. The monoisotopic (exact) mass is 250 g/mol. The van der Waals surface area contributed by atoms with Gasteiger partial charge in [-0.3, -0.25) is 4.79 Å². The number of rotatable bonds is 3. The van der Waals surface area contributed by atoms with Crippen molar-refractivity contribution in [3.05, 3.63) is 0 Å². The van der Waals surface area contributed by atoms with E-state index in [0.717, 1.165) is 13.0 Å². The Bertz CT molecular complexity index is 355. The molecule has 1 fully saturated rings. The summed E-state index contributed by atoms with van der Waals surface area (Å²) in [5, 5.41) is 7.39. The average molecular weight is 250 g/mol. The summed E-state index contributed by atoms with van der Waals surface area (Å²) in [5.74, 6) is -1.29. The molecule has 0 aromatic heterocycles. The highest BCUT2D eigenvalue weighted by atomic mass is 32.2. The Kier molecular flexibility index (Phi) is 4.28. The number of hydrogen-bond acceptors (Lipinski definition) is 4. The van der Waals surface area contributed by atoms with Crippen molar-refractivity contribution in [1.29, 1.82) is 0 Å². The summed E-state index contributed by atoms with van der Waals surface area (Å²) in [7, 11) is -1.77. The molecule has 6 nitrogen and oxygen atoms in total. The minimum atomic E-state index is -3.70. The molecule has 0 aliphatic carbocycles. The van der Waals surface area contributed by atoms with Crippen LogP contribution < -0.4 is 0 Å². The molecule has 1 aliphatic heterocycles. The van der Waals surface area contributed by atoms with E-state index in [0.29, 0.717) is 19.6 Å². The minimum Gasteiger partial charge on any atom is -0.480 e. The maximum Gasteiger partial charge on any atom is 0.323 e. The van der Waals surface area contributed by atoms with Crippen LogP contribution in [-0.2, 0) is 14.8 Å². The van der Waals surface area contributed by atoms with Crippen molar-refractivity contribution in [2.75, 3.05) is 33.2 Å². The molecular weight excluding hydrogens is 232 g/mol. The third-order valence-electron chi connectivity index (χ3n) is 2.83. The lowest BCUT2D eigenvalue weighted by molar-refractivity contribution is -0.136.